The number of aromatic nitrogens is 2. The third kappa shape index (κ3) is 4.02. The molecule has 1 spiro atoms. The summed E-state index contributed by atoms with van der Waals surface area (Å²) >= 11 is 0. The first-order chi connectivity index (χ1) is 18.7. The van der Waals surface area contributed by atoms with Crippen molar-refractivity contribution in [3.8, 4) is 0 Å². The van der Waals surface area contributed by atoms with Gasteiger partial charge in [0.15, 0.2) is 0 Å². The fourth-order valence-electron chi connectivity index (χ4n) is 8.35. The van der Waals surface area contributed by atoms with Gasteiger partial charge in [0.1, 0.15) is 18.6 Å². The zero-order chi connectivity index (χ0) is 25.6. The second kappa shape index (κ2) is 9.86. The molecule has 0 bridgehead atoms. The predicted molar refractivity (Wildman–Crippen MR) is 155 cm³/mol. The number of quaternary nitrogens is 1. The number of hydrogen-bond donors (Lipinski definition) is 2. The van der Waals surface area contributed by atoms with Crippen LogP contribution in [0, 0.1) is 0 Å². The van der Waals surface area contributed by atoms with Crippen molar-refractivity contribution in [1.82, 2.24) is 25.1 Å². The molecule has 5 nitrogen and oxygen atoms in total. The molecule has 198 valence electrons. The number of piperidine rings is 1. The van der Waals surface area contributed by atoms with Crippen molar-refractivity contribution in [2.75, 3.05) is 19.6 Å². The van der Waals surface area contributed by atoms with E-state index in [1.54, 1.807) is 5.56 Å². The molecule has 0 radical (unpaired) electrons. The van der Waals surface area contributed by atoms with E-state index in [4.69, 9.17) is 9.97 Å². The highest BCUT2D eigenvalue weighted by molar-refractivity contribution is 5.71. The highest BCUT2D eigenvalue weighted by Crippen LogP contribution is 2.57. The SMILES string of the molecule is CC1CCc2ncnc([N@+]3(Cc4ccccc4)CC4(CCNCC4)c4c(CNC5CCCC5)cccc43)c21. The quantitative estimate of drug-likeness (QED) is 0.399. The first-order valence-electron chi connectivity index (χ1n) is 15.0. The molecule has 0 amide bonds. The summed E-state index contributed by atoms with van der Waals surface area (Å²) in [4.78, 5) is 9.99. The number of nitrogens with zero attached hydrogens (tertiary/aromatic N) is 3. The van der Waals surface area contributed by atoms with Crippen LogP contribution in [0.5, 0.6) is 0 Å². The first-order valence-corrected chi connectivity index (χ1v) is 15.0. The van der Waals surface area contributed by atoms with Crippen LogP contribution in [0.15, 0.2) is 54.9 Å². The van der Waals surface area contributed by atoms with Crippen molar-refractivity contribution < 1.29 is 0 Å². The first kappa shape index (κ1) is 24.4. The summed E-state index contributed by atoms with van der Waals surface area (Å²) in [6.45, 7) is 7.58. The van der Waals surface area contributed by atoms with Crippen LogP contribution in [0.4, 0.5) is 11.5 Å². The molecule has 4 aliphatic rings. The van der Waals surface area contributed by atoms with Crippen molar-refractivity contribution in [1.29, 1.82) is 0 Å². The van der Waals surface area contributed by atoms with Crippen molar-refractivity contribution in [2.45, 2.75) is 88.8 Å². The highest BCUT2D eigenvalue weighted by Gasteiger charge is 2.57. The molecule has 2 fully saturated rings. The summed E-state index contributed by atoms with van der Waals surface area (Å²) in [5.41, 5.74) is 8.89. The van der Waals surface area contributed by atoms with Crippen LogP contribution >= 0.6 is 0 Å². The molecular formula is C33H42N5+. The van der Waals surface area contributed by atoms with Gasteiger partial charge in [0.05, 0.1) is 23.2 Å². The van der Waals surface area contributed by atoms with Gasteiger partial charge in [-0.25, -0.2) is 9.47 Å². The number of benzene rings is 2. The Balaban J connectivity index is 1.42. The van der Waals surface area contributed by atoms with Crippen LogP contribution in [0.25, 0.3) is 0 Å². The van der Waals surface area contributed by atoms with E-state index in [0.29, 0.717) is 12.0 Å². The molecule has 3 aromatic rings. The Bertz CT molecular complexity index is 1290. The van der Waals surface area contributed by atoms with E-state index in [-0.39, 0.29) is 5.41 Å². The van der Waals surface area contributed by atoms with Crippen molar-refractivity contribution in [3.05, 3.63) is 82.8 Å². The predicted octanol–water partition coefficient (Wildman–Crippen LogP) is 6.03. The van der Waals surface area contributed by atoms with E-state index in [0.717, 1.165) is 43.6 Å². The molecular weight excluding hydrogens is 466 g/mol. The van der Waals surface area contributed by atoms with Gasteiger partial charge in [-0.3, -0.25) is 0 Å². The van der Waals surface area contributed by atoms with Crippen LogP contribution < -0.4 is 15.1 Å². The lowest BCUT2D eigenvalue weighted by Crippen LogP contribution is -2.50. The molecule has 5 heteroatoms. The van der Waals surface area contributed by atoms with Crippen LogP contribution in [0.3, 0.4) is 0 Å². The van der Waals surface area contributed by atoms with E-state index in [9.17, 15) is 0 Å². The standard InChI is InChI=1S/C33H42N5/c1-24-14-15-28-30(24)32(37-23-36-28)38(21-25-8-3-2-4-9-25)22-33(16-18-34-19-17-33)31-26(10-7-13-29(31)38)20-35-27-11-5-6-12-27/h2-4,7-10,13,23-24,27,34-35H,5-6,11-12,14-22H2,1H3/q+1/t24?,38-/m1/s1. The molecule has 2 aromatic carbocycles. The summed E-state index contributed by atoms with van der Waals surface area (Å²) in [6, 6.07) is 19.0. The van der Waals surface area contributed by atoms with E-state index in [2.05, 4.69) is 66.1 Å². The van der Waals surface area contributed by atoms with Crippen molar-refractivity contribution in [2.24, 2.45) is 0 Å². The van der Waals surface area contributed by atoms with E-state index in [1.165, 1.54) is 78.8 Å². The van der Waals surface area contributed by atoms with Gasteiger partial charge >= 0.3 is 0 Å². The van der Waals surface area contributed by atoms with Crippen molar-refractivity contribution in [3.63, 3.8) is 0 Å². The molecule has 1 saturated carbocycles. The lowest BCUT2D eigenvalue weighted by atomic mass is 9.73. The molecule has 1 aromatic heterocycles. The minimum atomic E-state index is 0.170. The van der Waals surface area contributed by atoms with Crippen LogP contribution in [-0.2, 0) is 24.9 Å². The molecule has 2 aliphatic carbocycles. The molecule has 1 unspecified atom stereocenters. The average molecular weight is 509 g/mol. The second-order valence-electron chi connectivity index (χ2n) is 12.5. The Labute approximate surface area is 227 Å². The van der Waals surface area contributed by atoms with Gasteiger partial charge in [-0.05, 0) is 69.2 Å². The minimum Gasteiger partial charge on any atom is -0.317 e. The lowest BCUT2D eigenvalue weighted by Gasteiger charge is -2.39. The fourth-order valence-corrected chi connectivity index (χ4v) is 8.35. The lowest BCUT2D eigenvalue weighted by molar-refractivity contribution is 0.250. The summed E-state index contributed by atoms with van der Waals surface area (Å²) < 4.78 is 0.825. The maximum Gasteiger partial charge on any atom is 0.239 e. The van der Waals surface area contributed by atoms with Gasteiger partial charge < -0.3 is 10.6 Å². The van der Waals surface area contributed by atoms with Gasteiger partial charge in [-0.15, -0.1) is 0 Å². The maximum atomic E-state index is 5.20. The molecule has 3 heterocycles. The van der Waals surface area contributed by atoms with Gasteiger partial charge in [0.2, 0.25) is 5.82 Å². The number of fused-ring (bicyclic) bond motifs is 3. The molecule has 2 atom stereocenters. The molecule has 2 aliphatic heterocycles. The van der Waals surface area contributed by atoms with Crippen LogP contribution in [0.1, 0.15) is 85.7 Å². The summed E-state index contributed by atoms with van der Waals surface area (Å²) in [7, 11) is 0. The van der Waals surface area contributed by atoms with E-state index < -0.39 is 0 Å². The monoisotopic (exact) mass is 508 g/mol. The van der Waals surface area contributed by atoms with Crippen molar-refractivity contribution >= 4 is 11.5 Å². The summed E-state index contributed by atoms with van der Waals surface area (Å²) in [5, 5.41) is 7.65. The van der Waals surface area contributed by atoms with Crippen LogP contribution in [-0.4, -0.2) is 35.6 Å². The Hall–Kier alpha value is -2.60. The summed E-state index contributed by atoms with van der Waals surface area (Å²) in [6.07, 6.45) is 11.9. The van der Waals surface area contributed by atoms with Gasteiger partial charge in [-0.1, -0.05) is 62.2 Å². The van der Waals surface area contributed by atoms with Gasteiger partial charge in [0, 0.05) is 23.7 Å². The topological polar surface area (TPSA) is 49.8 Å². The number of nitrogens with one attached hydrogen (secondary N) is 2. The number of hydrogen-bond acceptors (Lipinski definition) is 4. The maximum absolute atomic E-state index is 5.20. The number of rotatable bonds is 6. The second-order valence-corrected chi connectivity index (χ2v) is 12.5. The summed E-state index contributed by atoms with van der Waals surface area (Å²) in [5.74, 6) is 1.77. The zero-order valence-corrected chi connectivity index (χ0v) is 22.9. The Kier molecular flexibility index (Phi) is 6.34. The Morgan fingerprint density at radius 3 is 2.61 bits per heavy atom. The van der Waals surface area contributed by atoms with Crippen LogP contribution in [0.2, 0.25) is 0 Å². The van der Waals surface area contributed by atoms with E-state index in [1.807, 2.05) is 6.33 Å². The Morgan fingerprint density at radius 2 is 1.79 bits per heavy atom. The normalized spacial score (nSPS) is 26.1. The zero-order valence-electron chi connectivity index (χ0n) is 22.9. The Morgan fingerprint density at radius 1 is 0.974 bits per heavy atom. The van der Waals surface area contributed by atoms with Gasteiger partial charge in [0.25, 0.3) is 0 Å². The average Bonchev–Trinajstić information content (AvgIpc) is 3.67. The number of aryl methyl sites for hydroxylation is 1. The fraction of sp³-hybridized carbons (Fsp3) is 0.515. The van der Waals surface area contributed by atoms with Gasteiger partial charge in [-0.2, -0.15) is 4.98 Å². The third-order valence-electron chi connectivity index (χ3n) is 10.1. The molecule has 38 heavy (non-hydrogen) atoms. The molecule has 7 rings (SSSR count). The highest BCUT2D eigenvalue weighted by atomic mass is 15.4. The third-order valence-corrected chi connectivity index (χ3v) is 10.1. The van der Waals surface area contributed by atoms with E-state index >= 15 is 0 Å². The minimum absolute atomic E-state index is 0.170. The largest absolute Gasteiger partial charge is 0.317 e. The smallest absolute Gasteiger partial charge is 0.239 e. The molecule has 1 saturated heterocycles. The molecule has 2 N–H and O–H groups in total.